The number of rotatable bonds is 9. The number of hydrogen-bond donors (Lipinski definition) is 5. The smallest absolute Gasteiger partial charge is 0.243 e. The number of aliphatic hydroxyl groups is 1. The van der Waals surface area contributed by atoms with E-state index < -0.39 is 16.3 Å². The maximum absolute atomic E-state index is 12.9. The van der Waals surface area contributed by atoms with Crippen LogP contribution in [0.4, 0.5) is 5.82 Å². The molecule has 30 heavy (non-hydrogen) atoms. The Morgan fingerprint density at radius 2 is 1.87 bits per heavy atom. The zero-order valence-electron chi connectivity index (χ0n) is 16.7. The topological polar surface area (TPSA) is 127 Å². The number of aromatic nitrogens is 1. The summed E-state index contributed by atoms with van der Waals surface area (Å²) in [5.74, 6) is 0.784. The quantitative estimate of drug-likeness (QED) is 0.172. The van der Waals surface area contributed by atoms with Gasteiger partial charge in [-0.1, -0.05) is 18.2 Å². The second-order valence-corrected chi connectivity index (χ2v) is 8.85. The number of hydrogen-bond acceptors (Lipinski definition) is 8. The van der Waals surface area contributed by atoms with Crippen LogP contribution < -0.4 is 16.1 Å². The van der Waals surface area contributed by atoms with Gasteiger partial charge in [0.1, 0.15) is 12.0 Å². The zero-order chi connectivity index (χ0) is 21.6. The summed E-state index contributed by atoms with van der Waals surface area (Å²) in [6.07, 6.45) is 2.53. The minimum absolute atomic E-state index is 0.143. The van der Waals surface area contributed by atoms with Crippen LogP contribution in [0.2, 0.25) is 0 Å². The first-order valence-corrected chi connectivity index (χ1v) is 11.1. The maximum Gasteiger partial charge on any atom is 0.243 e. The second kappa shape index (κ2) is 10.1. The summed E-state index contributed by atoms with van der Waals surface area (Å²) in [5, 5.41) is 24.6. The molecule has 1 unspecified atom stereocenters. The minimum atomic E-state index is -3.64. The fourth-order valence-electron chi connectivity index (χ4n) is 3.17. The number of likely N-dealkylation sites (N-methyl/N-ethyl adjacent to an activating group) is 1. The molecular formula is C20H27N5O4S. The average Bonchev–Trinajstić information content (AvgIpc) is 2.79. The lowest BCUT2D eigenvalue weighted by atomic mass is 10.1. The van der Waals surface area contributed by atoms with Gasteiger partial charge in [0.15, 0.2) is 0 Å². The summed E-state index contributed by atoms with van der Waals surface area (Å²) >= 11 is 0. The van der Waals surface area contributed by atoms with Crippen LogP contribution in [0.15, 0.2) is 59.1 Å². The molecule has 0 saturated carbocycles. The van der Waals surface area contributed by atoms with Gasteiger partial charge in [0, 0.05) is 37.9 Å². The van der Waals surface area contributed by atoms with E-state index in [1.165, 1.54) is 4.31 Å². The van der Waals surface area contributed by atoms with Crippen molar-refractivity contribution in [1.29, 1.82) is 0 Å². The Hall–Kier alpha value is -2.34. The van der Waals surface area contributed by atoms with E-state index in [1.807, 2.05) is 19.2 Å². The van der Waals surface area contributed by atoms with Crippen LogP contribution in [0.25, 0.3) is 11.1 Å². The van der Waals surface area contributed by atoms with Crippen molar-refractivity contribution in [2.24, 2.45) is 0 Å². The highest BCUT2D eigenvalue weighted by Crippen LogP contribution is 2.25. The summed E-state index contributed by atoms with van der Waals surface area (Å²) in [6, 6.07) is 10.5. The predicted molar refractivity (Wildman–Crippen MR) is 114 cm³/mol. The average molecular weight is 434 g/mol. The highest BCUT2D eigenvalue weighted by atomic mass is 32.2. The van der Waals surface area contributed by atoms with Gasteiger partial charge >= 0.3 is 0 Å². The van der Waals surface area contributed by atoms with Gasteiger partial charge in [-0.2, -0.15) is 9.79 Å². The first kappa shape index (κ1) is 22.3. The first-order valence-electron chi connectivity index (χ1n) is 9.67. The molecule has 0 bridgehead atoms. The molecule has 9 nitrogen and oxygen atoms in total. The van der Waals surface area contributed by atoms with Gasteiger partial charge in [0.25, 0.3) is 0 Å². The Kier molecular flexibility index (Phi) is 7.53. The van der Waals surface area contributed by atoms with Crippen molar-refractivity contribution >= 4 is 15.8 Å². The molecule has 0 amide bonds. The molecule has 162 valence electrons. The van der Waals surface area contributed by atoms with Crippen molar-refractivity contribution in [3.8, 4) is 11.1 Å². The summed E-state index contributed by atoms with van der Waals surface area (Å²) in [5.41, 5.74) is 4.10. The van der Waals surface area contributed by atoms with E-state index in [1.54, 1.807) is 42.0 Å². The Labute approximate surface area is 176 Å². The van der Waals surface area contributed by atoms with E-state index in [-0.39, 0.29) is 18.0 Å². The van der Waals surface area contributed by atoms with Gasteiger partial charge < -0.3 is 20.9 Å². The predicted octanol–water partition coefficient (Wildman–Crippen LogP) is 0.998. The third-order valence-electron chi connectivity index (χ3n) is 4.95. The van der Waals surface area contributed by atoms with Crippen LogP contribution in [-0.4, -0.2) is 67.5 Å². The van der Waals surface area contributed by atoms with Crippen molar-refractivity contribution < 1.29 is 18.7 Å². The number of aliphatic hydroxyl groups excluding tert-OH is 1. The van der Waals surface area contributed by atoms with Gasteiger partial charge in [0.05, 0.1) is 4.90 Å². The lowest BCUT2D eigenvalue weighted by Crippen LogP contribution is -2.38. The summed E-state index contributed by atoms with van der Waals surface area (Å²) in [6.45, 7) is 2.00. The fraction of sp³-hybridized carbons (Fsp3) is 0.350. The third kappa shape index (κ3) is 5.22. The molecule has 0 fully saturated rings. The highest BCUT2D eigenvalue weighted by molar-refractivity contribution is 7.89. The van der Waals surface area contributed by atoms with Crippen LogP contribution in [0.3, 0.4) is 0 Å². The number of nitrogens with zero attached hydrogens (tertiary/aromatic N) is 2. The zero-order valence-corrected chi connectivity index (χ0v) is 17.6. The standard InChI is InChI=1S/C20H27N5O4S/c1-21-10-11-22-19-7-4-17(14-23-19)15-2-5-18(6-3-15)30(28,29)25-12-8-16(9-13-25)20(26)24-27/h2-8,14,20-21,24,26-27H,9-13H2,1H3,(H,22,23). The molecule has 1 aliphatic heterocycles. The second-order valence-electron chi connectivity index (χ2n) is 6.91. The van der Waals surface area contributed by atoms with Gasteiger partial charge in [-0.15, -0.1) is 0 Å². The molecule has 3 rings (SSSR count). The van der Waals surface area contributed by atoms with Crippen molar-refractivity contribution in [3.63, 3.8) is 0 Å². The van der Waals surface area contributed by atoms with Crippen LogP contribution in [0.5, 0.6) is 0 Å². The molecule has 1 atom stereocenters. The Morgan fingerprint density at radius 1 is 1.13 bits per heavy atom. The SMILES string of the molecule is CNCCNc1ccc(-c2ccc(S(=O)(=O)N3CC=C(C(O)NO)CC3)cc2)cn1. The molecule has 0 spiro atoms. The van der Waals surface area contributed by atoms with Crippen LogP contribution in [0, 0.1) is 0 Å². The van der Waals surface area contributed by atoms with Gasteiger partial charge in [0.2, 0.25) is 10.0 Å². The third-order valence-corrected chi connectivity index (χ3v) is 6.83. The van der Waals surface area contributed by atoms with E-state index in [4.69, 9.17) is 5.21 Å². The van der Waals surface area contributed by atoms with Crippen molar-refractivity contribution in [2.75, 3.05) is 38.5 Å². The minimum Gasteiger partial charge on any atom is -0.373 e. The molecule has 0 aliphatic carbocycles. The van der Waals surface area contributed by atoms with E-state index in [0.717, 1.165) is 30.0 Å². The lowest BCUT2D eigenvalue weighted by Gasteiger charge is -2.27. The fourth-order valence-corrected chi connectivity index (χ4v) is 4.55. The van der Waals surface area contributed by atoms with Crippen molar-refractivity contribution in [2.45, 2.75) is 17.5 Å². The van der Waals surface area contributed by atoms with Crippen molar-refractivity contribution in [1.82, 2.24) is 20.1 Å². The Morgan fingerprint density at radius 3 is 2.43 bits per heavy atom. The monoisotopic (exact) mass is 433 g/mol. The molecule has 1 aromatic heterocycles. The largest absolute Gasteiger partial charge is 0.373 e. The molecule has 2 aromatic rings. The molecule has 2 heterocycles. The molecule has 5 N–H and O–H groups in total. The molecule has 1 aromatic carbocycles. The van der Waals surface area contributed by atoms with E-state index in [2.05, 4.69) is 15.6 Å². The maximum atomic E-state index is 12.9. The number of benzene rings is 1. The Balaban J connectivity index is 1.68. The number of pyridine rings is 1. The summed E-state index contributed by atoms with van der Waals surface area (Å²) in [4.78, 5) is 4.60. The van der Waals surface area contributed by atoms with Gasteiger partial charge in [-0.3, -0.25) is 0 Å². The summed E-state index contributed by atoms with van der Waals surface area (Å²) in [7, 11) is -1.75. The van der Waals surface area contributed by atoms with Crippen molar-refractivity contribution in [3.05, 3.63) is 54.2 Å². The molecule has 0 saturated heterocycles. The number of hydroxylamine groups is 1. The summed E-state index contributed by atoms with van der Waals surface area (Å²) < 4.78 is 27.1. The van der Waals surface area contributed by atoms with E-state index >= 15 is 0 Å². The molecule has 1 aliphatic rings. The van der Waals surface area contributed by atoms with Crippen LogP contribution in [0.1, 0.15) is 6.42 Å². The molecule has 10 heteroatoms. The van der Waals surface area contributed by atoms with E-state index in [9.17, 15) is 13.5 Å². The van der Waals surface area contributed by atoms with Crippen LogP contribution in [-0.2, 0) is 10.0 Å². The highest BCUT2D eigenvalue weighted by Gasteiger charge is 2.27. The number of nitrogens with one attached hydrogen (secondary N) is 3. The first-order chi connectivity index (χ1) is 14.5. The van der Waals surface area contributed by atoms with Crippen LogP contribution >= 0.6 is 0 Å². The number of sulfonamides is 1. The normalized spacial score (nSPS) is 16.2. The van der Waals surface area contributed by atoms with Gasteiger partial charge in [-0.25, -0.2) is 13.4 Å². The lowest BCUT2D eigenvalue weighted by molar-refractivity contribution is 0.0217. The van der Waals surface area contributed by atoms with E-state index in [0.29, 0.717) is 12.0 Å². The number of anilines is 1. The molecular weight excluding hydrogens is 406 g/mol. The Bertz CT molecular complexity index is 962. The van der Waals surface area contributed by atoms with Gasteiger partial charge in [-0.05, 0) is 48.9 Å². The molecule has 0 radical (unpaired) electrons.